The van der Waals surface area contributed by atoms with Gasteiger partial charge in [0.05, 0.1) is 6.67 Å². The molecule has 2 atom stereocenters. The van der Waals surface area contributed by atoms with Gasteiger partial charge in [-0.15, -0.1) is 0 Å². The predicted octanol–water partition coefficient (Wildman–Crippen LogP) is 5.16. The molecule has 0 aliphatic rings. The van der Waals surface area contributed by atoms with E-state index in [2.05, 4.69) is 4.98 Å². The lowest BCUT2D eigenvalue weighted by atomic mass is 9.73. The zero-order chi connectivity index (χ0) is 19.7. The van der Waals surface area contributed by atoms with Crippen LogP contribution < -0.4 is 0 Å². The molecule has 0 radical (unpaired) electrons. The van der Waals surface area contributed by atoms with Crippen LogP contribution in [0.4, 0.5) is 17.6 Å². The number of fused-ring (bicyclic) bond motifs is 1. The molecule has 0 spiro atoms. The third kappa shape index (κ3) is 4.00. The number of nitrogens with one attached hydrogen (secondary N) is 1. The number of rotatable bonds is 7. The molecule has 3 aromatic rings. The molecule has 2 N–H and O–H groups in total. The van der Waals surface area contributed by atoms with Crippen molar-refractivity contribution in [1.82, 2.24) is 4.98 Å². The SMILES string of the molecule is CC(CF)(CC(O)(Cc1cc2ccccc2[nH]1)C(F)F)c1cccc(F)c1. The molecular formula is C21H21F4NO. The zero-order valence-electron chi connectivity index (χ0n) is 14.9. The summed E-state index contributed by atoms with van der Waals surface area (Å²) in [5.41, 5.74) is -2.48. The van der Waals surface area contributed by atoms with E-state index in [1.54, 1.807) is 12.1 Å². The van der Waals surface area contributed by atoms with Crippen molar-refractivity contribution in [2.45, 2.75) is 37.2 Å². The number of aromatic nitrogens is 1. The van der Waals surface area contributed by atoms with E-state index in [1.165, 1.54) is 25.1 Å². The fraction of sp³-hybridized carbons (Fsp3) is 0.333. The van der Waals surface area contributed by atoms with Crippen molar-refractivity contribution < 1.29 is 22.7 Å². The maximum Gasteiger partial charge on any atom is 0.267 e. The van der Waals surface area contributed by atoms with Gasteiger partial charge in [0, 0.05) is 23.0 Å². The van der Waals surface area contributed by atoms with Crippen molar-refractivity contribution in [3.63, 3.8) is 0 Å². The maximum atomic E-state index is 13.9. The summed E-state index contributed by atoms with van der Waals surface area (Å²) in [6, 6.07) is 14.2. The Morgan fingerprint density at radius 3 is 2.44 bits per heavy atom. The van der Waals surface area contributed by atoms with Gasteiger partial charge in [-0.25, -0.2) is 13.2 Å². The highest BCUT2D eigenvalue weighted by atomic mass is 19.3. The first-order chi connectivity index (χ1) is 12.8. The molecule has 6 heteroatoms. The number of aliphatic hydroxyl groups is 1. The van der Waals surface area contributed by atoms with Gasteiger partial charge in [0.1, 0.15) is 11.4 Å². The molecule has 0 fully saturated rings. The van der Waals surface area contributed by atoms with Crippen LogP contribution in [-0.2, 0) is 11.8 Å². The standard InChI is InChI=1S/C21H21F4NO/c1-20(13-22,15-6-4-7-16(23)10-15)12-21(27,19(24)25)11-17-9-14-5-2-3-8-18(14)26-17/h2-10,19,26-27H,11-13H2,1H3. The normalized spacial score (nSPS) is 16.4. The summed E-state index contributed by atoms with van der Waals surface area (Å²) >= 11 is 0. The van der Waals surface area contributed by atoms with Gasteiger partial charge in [-0.1, -0.05) is 37.3 Å². The van der Waals surface area contributed by atoms with E-state index in [0.717, 1.165) is 17.0 Å². The highest BCUT2D eigenvalue weighted by molar-refractivity contribution is 5.80. The van der Waals surface area contributed by atoms with Crippen molar-refractivity contribution >= 4 is 10.9 Å². The summed E-state index contributed by atoms with van der Waals surface area (Å²) in [4.78, 5) is 3.01. The number of halogens is 4. The number of hydrogen-bond donors (Lipinski definition) is 2. The van der Waals surface area contributed by atoms with Gasteiger partial charge >= 0.3 is 0 Å². The van der Waals surface area contributed by atoms with Gasteiger partial charge in [-0.05, 0) is 41.6 Å². The first-order valence-electron chi connectivity index (χ1n) is 8.65. The second kappa shape index (κ2) is 7.35. The molecule has 0 saturated heterocycles. The van der Waals surface area contributed by atoms with Crippen molar-refractivity contribution in [3.05, 3.63) is 71.7 Å². The second-order valence-corrected chi connectivity index (χ2v) is 7.34. The maximum absolute atomic E-state index is 13.9. The van der Waals surface area contributed by atoms with E-state index in [9.17, 15) is 22.7 Å². The molecule has 0 amide bonds. The molecule has 1 aromatic heterocycles. The number of aromatic amines is 1. The average Bonchev–Trinajstić information content (AvgIpc) is 3.03. The lowest BCUT2D eigenvalue weighted by molar-refractivity contribution is -0.113. The predicted molar refractivity (Wildman–Crippen MR) is 97.3 cm³/mol. The largest absolute Gasteiger partial charge is 0.383 e. The van der Waals surface area contributed by atoms with Crippen LogP contribution in [0, 0.1) is 5.82 Å². The quantitative estimate of drug-likeness (QED) is 0.547. The summed E-state index contributed by atoms with van der Waals surface area (Å²) in [6.45, 7) is 0.415. The molecule has 2 unspecified atom stereocenters. The Morgan fingerprint density at radius 1 is 1.07 bits per heavy atom. The second-order valence-electron chi connectivity index (χ2n) is 7.34. The number of hydrogen-bond acceptors (Lipinski definition) is 1. The number of para-hydroxylation sites is 1. The molecular weight excluding hydrogens is 358 g/mol. The molecule has 0 saturated carbocycles. The van der Waals surface area contributed by atoms with Crippen molar-refractivity contribution in [2.24, 2.45) is 0 Å². The summed E-state index contributed by atoms with van der Waals surface area (Å²) in [6.07, 6.45) is -4.01. The monoisotopic (exact) mass is 379 g/mol. The fourth-order valence-corrected chi connectivity index (χ4v) is 3.54. The fourth-order valence-electron chi connectivity index (χ4n) is 3.54. The van der Waals surface area contributed by atoms with Crippen molar-refractivity contribution in [3.8, 4) is 0 Å². The first-order valence-corrected chi connectivity index (χ1v) is 8.65. The molecule has 2 nitrogen and oxygen atoms in total. The van der Waals surface area contributed by atoms with Crippen LogP contribution in [0.25, 0.3) is 10.9 Å². The van der Waals surface area contributed by atoms with Crippen LogP contribution in [0.3, 0.4) is 0 Å². The molecule has 0 aliphatic heterocycles. The van der Waals surface area contributed by atoms with E-state index < -0.39 is 36.4 Å². The molecule has 3 rings (SSSR count). The van der Waals surface area contributed by atoms with Gasteiger partial charge in [0.2, 0.25) is 0 Å². The average molecular weight is 379 g/mol. The van der Waals surface area contributed by atoms with E-state index in [4.69, 9.17) is 0 Å². The van der Waals surface area contributed by atoms with Crippen LogP contribution in [0.1, 0.15) is 24.6 Å². The summed E-state index contributed by atoms with van der Waals surface area (Å²) < 4.78 is 55.1. The Kier molecular flexibility index (Phi) is 5.29. The minimum Gasteiger partial charge on any atom is -0.383 e. The number of benzene rings is 2. The molecule has 27 heavy (non-hydrogen) atoms. The van der Waals surface area contributed by atoms with E-state index in [1.807, 2.05) is 18.2 Å². The Labute approximate surface area is 154 Å². The smallest absolute Gasteiger partial charge is 0.267 e. The van der Waals surface area contributed by atoms with Crippen molar-refractivity contribution in [2.75, 3.05) is 6.67 Å². The lowest BCUT2D eigenvalue weighted by Gasteiger charge is -2.36. The number of alkyl halides is 3. The minimum atomic E-state index is -3.09. The Bertz CT molecular complexity index is 892. The van der Waals surface area contributed by atoms with E-state index >= 15 is 0 Å². The third-order valence-electron chi connectivity index (χ3n) is 5.00. The minimum absolute atomic E-state index is 0.237. The van der Waals surface area contributed by atoms with Gasteiger partial charge in [-0.2, -0.15) is 0 Å². The van der Waals surface area contributed by atoms with Crippen LogP contribution in [0.2, 0.25) is 0 Å². The Balaban J connectivity index is 1.92. The summed E-state index contributed by atoms with van der Waals surface area (Å²) in [5.74, 6) is -0.580. The molecule has 144 valence electrons. The van der Waals surface area contributed by atoms with Crippen LogP contribution in [-0.4, -0.2) is 28.8 Å². The third-order valence-corrected chi connectivity index (χ3v) is 5.00. The van der Waals surface area contributed by atoms with E-state index in [0.29, 0.717) is 5.69 Å². The zero-order valence-corrected chi connectivity index (χ0v) is 14.9. The van der Waals surface area contributed by atoms with Gasteiger partial charge in [0.15, 0.2) is 0 Å². The van der Waals surface area contributed by atoms with Gasteiger partial charge in [0.25, 0.3) is 6.43 Å². The molecule has 2 aromatic carbocycles. The van der Waals surface area contributed by atoms with Crippen LogP contribution in [0.15, 0.2) is 54.6 Å². The Morgan fingerprint density at radius 2 is 1.81 bits per heavy atom. The van der Waals surface area contributed by atoms with Crippen molar-refractivity contribution in [1.29, 1.82) is 0 Å². The topological polar surface area (TPSA) is 36.0 Å². The highest BCUT2D eigenvalue weighted by Crippen LogP contribution is 2.38. The number of H-pyrrole nitrogens is 1. The Hall–Kier alpha value is -2.34. The lowest BCUT2D eigenvalue weighted by Crippen LogP contribution is -2.46. The van der Waals surface area contributed by atoms with E-state index in [-0.39, 0.29) is 12.0 Å². The summed E-state index contributed by atoms with van der Waals surface area (Å²) in [7, 11) is 0. The first kappa shape index (κ1) is 19.4. The van der Waals surface area contributed by atoms with Gasteiger partial charge in [-0.3, -0.25) is 4.39 Å². The molecule has 0 aliphatic carbocycles. The summed E-state index contributed by atoms with van der Waals surface area (Å²) in [5, 5.41) is 11.6. The molecule has 1 heterocycles. The van der Waals surface area contributed by atoms with Gasteiger partial charge < -0.3 is 10.1 Å². The highest BCUT2D eigenvalue weighted by Gasteiger charge is 2.45. The van der Waals surface area contributed by atoms with Crippen LogP contribution >= 0.6 is 0 Å². The molecule has 0 bridgehead atoms. The van der Waals surface area contributed by atoms with Crippen LogP contribution in [0.5, 0.6) is 0 Å².